The summed E-state index contributed by atoms with van der Waals surface area (Å²) in [6.45, 7) is 0. The van der Waals surface area contributed by atoms with Gasteiger partial charge in [0.25, 0.3) is 11.5 Å². The Bertz CT molecular complexity index is 983. The van der Waals surface area contributed by atoms with Gasteiger partial charge in [0.2, 0.25) is 0 Å². The fourth-order valence-electron chi connectivity index (χ4n) is 2.24. The van der Waals surface area contributed by atoms with Gasteiger partial charge in [0, 0.05) is 21.4 Å². The molecule has 2 aromatic carbocycles. The molecule has 1 amide bonds. The van der Waals surface area contributed by atoms with Crippen molar-refractivity contribution in [3.05, 3.63) is 67.5 Å². The summed E-state index contributed by atoms with van der Waals surface area (Å²) in [5, 5.41) is 7.91. The molecule has 0 atom stereocenters. The lowest BCUT2D eigenvalue weighted by Crippen LogP contribution is -2.25. The fraction of sp³-hybridized carbons (Fsp3) is 0.0625. The van der Waals surface area contributed by atoms with Crippen molar-refractivity contribution < 1.29 is 4.79 Å². The first-order valence-corrected chi connectivity index (χ1v) is 8.28. The molecule has 0 aliphatic carbocycles. The zero-order valence-corrected chi connectivity index (χ0v) is 15.2. The van der Waals surface area contributed by atoms with Crippen LogP contribution in [0, 0.1) is 0 Å². The molecule has 23 heavy (non-hydrogen) atoms. The van der Waals surface area contributed by atoms with Crippen molar-refractivity contribution in [2.75, 3.05) is 5.32 Å². The van der Waals surface area contributed by atoms with Gasteiger partial charge in [-0.1, -0.05) is 34.1 Å². The molecular formula is C16H11Br2N3O2. The Hall–Kier alpha value is -1.99. The van der Waals surface area contributed by atoms with Crippen molar-refractivity contribution >= 4 is 54.2 Å². The number of amides is 1. The van der Waals surface area contributed by atoms with E-state index in [9.17, 15) is 9.59 Å². The molecule has 0 fully saturated rings. The summed E-state index contributed by atoms with van der Waals surface area (Å²) >= 11 is 6.77. The number of rotatable bonds is 2. The Morgan fingerprint density at radius 3 is 2.52 bits per heavy atom. The van der Waals surface area contributed by atoms with Gasteiger partial charge in [0.1, 0.15) is 0 Å². The minimum absolute atomic E-state index is 0.206. The topological polar surface area (TPSA) is 64.0 Å². The van der Waals surface area contributed by atoms with Gasteiger partial charge in [-0.2, -0.15) is 5.10 Å². The smallest absolute Gasteiger partial charge is 0.276 e. The van der Waals surface area contributed by atoms with Crippen LogP contribution >= 0.6 is 31.9 Å². The average Bonchev–Trinajstić information content (AvgIpc) is 2.53. The van der Waals surface area contributed by atoms with E-state index < -0.39 is 0 Å². The van der Waals surface area contributed by atoms with Crippen LogP contribution in [-0.4, -0.2) is 15.7 Å². The van der Waals surface area contributed by atoms with Crippen LogP contribution < -0.4 is 10.9 Å². The third-order valence-corrected chi connectivity index (χ3v) is 4.50. The van der Waals surface area contributed by atoms with Crippen molar-refractivity contribution in [1.29, 1.82) is 0 Å². The fourth-order valence-corrected chi connectivity index (χ4v) is 3.39. The van der Waals surface area contributed by atoms with E-state index in [1.54, 1.807) is 30.3 Å². The molecule has 0 saturated heterocycles. The van der Waals surface area contributed by atoms with E-state index in [0.29, 0.717) is 16.5 Å². The van der Waals surface area contributed by atoms with E-state index in [-0.39, 0.29) is 17.2 Å². The highest BCUT2D eigenvalue weighted by molar-refractivity contribution is 9.11. The van der Waals surface area contributed by atoms with E-state index in [1.165, 1.54) is 11.7 Å². The summed E-state index contributed by atoms with van der Waals surface area (Å²) in [5.41, 5.74) is 0.595. The lowest BCUT2D eigenvalue weighted by molar-refractivity contribution is 0.102. The number of anilines is 1. The molecule has 0 radical (unpaired) electrons. The van der Waals surface area contributed by atoms with Crippen LogP contribution in [0.25, 0.3) is 10.8 Å². The molecular weight excluding hydrogens is 426 g/mol. The summed E-state index contributed by atoms with van der Waals surface area (Å²) in [4.78, 5) is 24.7. The highest BCUT2D eigenvalue weighted by Gasteiger charge is 2.16. The maximum atomic E-state index is 12.6. The van der Waals surface area contributed by atoms with Gasteiger partial charge in [0.05, 0.1) is 11.1 Å². The number of hydrogen-bond donors (Lipinski definition) is 1. The highest BCUT2D eigenvalue weighted by atomic mass is 79.9. The monoisotopic (exact) mass is 435 g/mol. The van der Waals surface area contributed by atoms with Crippen molar-refractivity contribution in [2.24, 2.45) is 7.05 Å². The standard InChI is InChI=1S/C16H11Br2N3O2/c1-21-16(23)11-5-3-2-4-10(11)14(20-21)15(22)19-13-7-6-9(17)8-12(13)18/h2-8H,1H3,(H,19,22). The zero-order chi connectivity index (χ0) is 16.6. The van der Waals surface area contributed by atoms with Crippen LogP contribution in [0.3, 0.4) is 0 Å². The maximum Gasteiger partial charge on any atom is 0.276 e. The van der Waals surface area contributed by atoms with Crippen LogP contribution in [0.1, 0.15) is 10.5 Å². The molecule has 0 spiro atoms. The number of benzene rings is 2. The van der Waals surface area contributed by atoms with Gasteiger partial charge in [-0.05, 0) is 40.2 Å². The van der Waals surface area contributed by atoms with Crippen molar-refractivity contribution in [2.45, 2.75) is 0 Å². The number of carbonyl (C=O) groups excluding carboxylic acids is 1. The number of halogens is 2. The lowest BCUT2D eigenvalue weighted by atomic mass is 10.1. The number of aryl methyl sites for hydroxylation is 1. The van der Waals surface area contributed by atoms with Crippen LogP contribution in [0.2, 0.25) is 0 Å². The number of nitrogens with one attached hydrogen (secondary N) is 1. The first-order valence-electron chi connectivity index (χ1n) is 6.70. The Morgan fingerprint density at radius 2 is 1.83 bits per heavy atom. The first kappa shape index (κ1) is 15.9. The number of aromatic nitrogens is 2. The molecule has 3 rings (SSSR count). The molecule has 1 aromatic heterocycles. The third-order valence-electron chi connectivity index (χ3n) is 3.35. The van der Waals surface area contributed by atoms with E-state index in [1.807, 2.05) is 12.1 Å². The van der Waals surface area contributed by atoms with Gasteiger partial charge < -0.3 is 5.32 Å². The number of fused-ring (bicyclic) bond motifs is 1. The molecule has 0 saturated carbocycles. The van der Waals surface area contributed by atoms with E-state index in [2.05, 4.69) is 42.3 Å². The molecule has 116 valence electrons. The van der Waals surface area contributed by atoms with E-state index in [4.69, 9.17) is 0 Å². The number of nitrogens with zero attached hydrogens (tertiary/aromatic N) is 2. The molecule has 5 nitrogen and oxygen atoms in total. The first-order chi connectivity index (χ1) is 11.0. The van der Waals surface area contributed by atoms with Crippen LogP contribution in [0.5, 0.6) is 0 Å². The summed E-state index contributed by atoms with van der Waals surface area (Å²) < 4.78 is 2.82. The predicted octanol–water partition coefficient (Wildman–Crippen LogP) is 3.71. The molecule has 7 heteroatoms. The molecule has 0 bridgehead atoms. The molecule has 3 aromatic rings. The minimum Gasteiger partial charge on any atom is -0.320 e. The second-order valence-electron chi connectivity index (χ2n) is 4.90. The third kappa shape index (κ3) is 3.07. The largest absolute Gasteiger partial charge is 0.320 e. The summed E-state index contributed by atoms with van der Waals surface area (Å²) in [5.74, 6) is -0.375. The van der Waals surface area contributed by atoms with Crippen molar-refractivity contribution in [1.82, 2.24) is 9.78 Å². The quantitative estimate of drug-likeness (QED) is 0.665. The average molecular weight is 437 g/mol. The Balaban J connectivity index is 2.08. The van der Waals surface area contributed by atoms with Crippen LogP contribution in [0.15, 0.2) is 56.2 Å². The zero-order valence-electron chi connectivity index (χ0n) is 12.0. The molecule has 0 aliphatic heterocycles. The normalized spacial score (nSPS) is 10.7. The second kappa shape index (κ2) is 6.25. The Morgan fingerprint density at radius 1 is 1.13 bits per heavy atom. The maximum absolute atomic E-state index is 12.6. The number of carbonyl (C=O) groups is 1. The van der Waals surface area contributed by atoms with Crippen molar-refractivity contribution in [3.63, 3.8) is 0 Å². The van der Waals surface area contributed by atoms with Crippen molar-refractivity contribution in [3.8, 4) is 0 Å². The second-order valence-corrected chi connectivity index (χ2v) is 6.67. The summed E-state index contributed by atoms with van der Waals surface area (Å²) in [7, 11) is 1.53. The minimum atomic E-state index is -0.375. The molecule has 1 N–H and O–H groups in total. The summed E-state index contributed by atoms with van der Waals surface area (Å²) in [6, 6.07) is 12.4. The Labute approximate surface area is 148 Å². The van der Waals surface area contributed by atoms with Crippen LogP contribution in [-0.2, 0) is 7.05 Å². The Kier molecular flexibility index (Phi) is 4.32. The van der Waals surface area contributed by atoms with Gasteiger partial charge in [-0.25, -0.2) is 4.68 Å². The molecule has 0 aliphatic rings. The van der Waals surface area contributed by atoms with E-state index >= 15 is 0 Å². The van der Waals surface area contributed by atoms with Gasteiger partial charge in [-0.15, -0.1) is 0 Å². The summed E-state index contributed by atoms with van der Waals surface area (Å²) in [6.07, 6.45) is 0. The van der Waals surface area contributed by atoms with Gasteiger partial charge >= 0.3 is 0 Å². The molecule has 1 heterocycles. The number of hydrogen-bond acceptors (Lipinski definition) is 3. The SMILES string of the molecule is Cn1nc(C(=O)Nc2ccc(Br)cc2Br)c2ccccc2c1=O. The van der Waals surface area contributed by atoms with Crippen LogP contribution in [0.4, 0.5) is 5.69 Å². The molecule has 0 unspecified atom stereocenters. The van der Waals surface area contributed by atoms with E-state index in [0.717, 1.165) is 8.95 Å². The predicted molar refractivity (Wildman–Crippen MR) is 96.8 cm³/mol. The van der Waals surface area contributed by atoms with Gasteiger partial charge in [0.15, 0.2) is 5.69 Å². The highest BCUT2D eigenvalue weighted by Crippen LogP contribution is 2.27. The van der Waals surface area contributed by atoms with Gasteiger partial charge in [-0.3, -0.25) is 9.59 Å². The lowest BCUT2D eigenvalue weighted by Gasteiger charge is -2.10.